The van der Waals surface area contributed by atoms with E-state index < -0.39 is 42.1 Å². The number of hydrogen-bond donors (Lipinski definition) is 3. The van der Waals surface area contributed by atoms with E-state index in [4.69, 9.17) is 28.8 Å². The van der Waals surface area contributed by atoms with Crippen molar-refractivity contribution in [1.29, 1.82) is 0 Å². The van der Waals surface area contributed by atoms with Gasteiger partial charge >= 0.3 is 24.0 Å². The molecule has 0 radical (unpaired) electrons. The number of amides is 2. The molecule has 3 heterocycles. The molecule has 0 fully saturated rings. The summed E-state index contributed by atoms with van der Waals surface area (Å²) in [5, 5.41) is 16.9. The average molecular weight is 1340 g/mol. The topological polar surface area (TPSA) is 222 Å². The number of anilines is 1. The number of carbonyl (C=O) groups is 7. The number of aldehydes is 1. The van der Waals surface area contributed by atoms with Crippen LogP contribution >= 0.6 is 83.9 Å². The molecule has 7 rings (SSSR count). The minimum Gasteiger partial charge on any atom is -0.496 e. The van der Waals surface area contributed by atoms with Crippen molar-refractivity contribution in [3.05, 3.63) is 169 Å². The van der Waals surface area contributed by atoms with E-state index in [0.29, 0.717) is 45.2 Å². The summed E-state index contributed by atoms with van der Waals surface area (Å²) in [6.45, 7) is 4.81. The summed E-state index contributed by atoms with van der Waals surface area (Å²) >= 11 is 6.96. The quantitative estimate of drug-likeness (QED) is 0.0231. The summed E-state index contributed by atoms with van der Waals surface area (Å²) in [6, 6.07) is 32.4. The number of thiophene rings is 2. The first-order valence-electron chi connectivity index (χ1n) is 20.5. The third kappa shape index (κ3) is 19.6. The van der Waals surface area contributed by atoms with Crippen LogP contribution in [0, 0.1) is 0 Å². The number of ketones is 1. The smallest absolute Gasteiger partial charge is 0.412 e. The highest BCUT2D eigenvalue weighted by Crippen LogP contribution is 2.29. The Morgan fingerprint density at radius 1 is 0.775 bits per heavy atom. The lowest BCUT2D eigenvalue weighted by molar-refractivity contribution is -0.135. The molecule has 1 aliphatic heterocycles. The number of ether oxygens (including phenoxy) is 5. The number of rotatable bonds is 14. The maximum atomic E-state index is 12.4. The van der Waals surface area contributed by atoms with Crippen LogP contribution in [0.2, 0.25) is 0 Å². The minimum absolute atomic E-state index is 0. The molecule has 16 nitrogen and oxygen atoms in total. The second kappa shape index (κ2) is 30.0. The van der Waals surface area contributed by atoms with E-state index in [1.165, 1.54) is 66.2 Å². The summed E-state index contributed by atoms with van der Waals surface area (Å²) < 4.78 is 26.1. The molecule has 0 bridgehead atoms. The third-order valence-electron chi connectivity index (χ3n) is 8.84. The van der Waals surface area contributed by atoms with Crippen molar-refractivity contribution in [2.24, 2.45) is 4.99 Å². The highest BCUT2D eigenvalue weighted by molar-refractivity contribution is 15.0. The van der Waals surface area contributed by atoms with Gasteiger partial charge in [0.15, 0.2) is 23.0 Å². The van der Waals surface area contributed by atoms with E-state index in [1.807, 2.05) is 60.0 Å². The lowest BCUT2D eigenvalue weighted by Crippen LogP contribution is -2.29. The number of hydrogen-bond acceptors (Lipinski definition) is 15. The number of methoxy groups -OCH3 is 2. The van der Waals surface area contributed by atoms with Gasteiger partial charge in [0.25, 0.3) is 5.91 Å². The van der Waals surface area contributed by atoms with Gasteiger partial charge in [0.05, 0.1) is 19.1 Å². The standard InChI is InChI=1S/C23H17NO4S.C14H18N2O5.C13H10O4S.I2.HI/c1-27-20-13-15(9-10-17(20)14-19(25)21-8-5-11-29-21)12-18-23(26)28-22(24-18)16-6-3-2-4-7-16;1-14(2,3)21-13(20)16-10-6-4-9(5-7-10)12(19)15-8-11(17)18;1-16-11-7-9(8-14)4-5-10(11)17-13(15)12-3-2-6-18-12;1-2;/h2-13H,14H2,1H3;4-7H,8H2,1-3H3,(H,15,19)(H,16,20)(H,17,18);2-8H,1H3;;1H/b18-12+;;;;. The van der Waals surface area contributed by atoms with Crippen LogP contribution < -0.4 is 24.8 Å². The molecule has 0 saturated carbocycles. The predicted molar refractivity (Wildman–Crippen MR) is 300 cm³/mol. The van der Waals surface area contributed by atoms with Crippen LogP contribution in [0.25, 0.3) is 6.08 Å². The van der Waals surface area contributed by atoms with Crippen LogP contribution in [0.15, 0.2) is 137 Å². The Morgan fingerprint density at radius 2 is 1.39 bits per heavy atom. The van der Waals surface area contributed by atoms with Crippen molar-refractivity contribution in [2.75, 3.05) is 26.1 Å². The molecule has 0 aliphatic carbocycles. The molecule has 3 N–H and O–H groups in total. The molecule has 372 valence electrons. The van der Waals surface area contributed by atoms with Gasteiger partial charge in [0, 0.05) is 71.6 Å². The second-order valence-corrected chi connectivity index (χ2v) is 16.9. The number of nitrogens with one attached hydrogen (secondary N) is 2. The van der Waals surface area contributed by atoms with Gasteiger partial charge in [-0.25, -0.2) is 19.4 Å². The number of halogens is 3. The molecule has 0 saturated heterocycles. The van der Waals surface area contributed by atoms with E-state index in [-0.39, 0.29) is 47.8 Å². The maximum Gasteiger partial charge on any atom is 0.412 e. The first-order valence-corrected chi connectivity index (χ1v) is 28.5. The second-order valence-electron chi connectivity index (χ2n) is 15.0. The number of carbonyl (C=O) groups excluding carboxylic acids is 6. The summed E-state index contributed by atoms with van der Waals surface area (Å²) in [4.78, 5) is 86.0. The number of nitrogens with zero attached hydrogens (tertiary/aromatic N) is 1. The molecule has 0 atom stereocenters. The first kappa shape index (κ1) is 59.3. The molecule has 0 unspecified atom stereocenters. The zero-order valence-electron chi connectivity index (χ0n) is 38.5. The van der Waals surface area contributed by atoms with E-state index in [1.54, 1.807) is 63.6 Å². The lowest BCUT2D eigenvalue weighted by atomic mass is 10.0. The minimum atomic E-state index is -1.12. The van der Waals surface area contributed by atoms with E-state index in [2.05, 4.69) is 52.9 Å². The van der Waals surface area contributed by atoms with E-state index in [9.17, 15) is 33.6 Å². The van der Waals surface area contributed by atoms with Crippen LogP contribution in [0.1, 0.15) is 77.5 Å². The van der Waals surface area contributed by atoms with Crippen LogP contribution in [0.5, 0.6) is 17.2 Å². The van der Waals surface area contributed by atoms with Crippen LogP contribution in [-0.2, 0) is 25.5 Å². The Bertz CT molecular complexity index is 2820. The summed E-state index contributed by atoms with van der Waals surface area (Å²) in [5.41, 5.74) is 3.11. The third-order valence-corrected chi connectivity index (χ3v) is 10.6. The highest BCUT2D eigenvalue weighted by atomic mass is 128. The number of esters is 2. The molecule has 21 heteroatoms. The van der Waals surface area contributed by atoms with Gasteiger partial charge in [-0.05, 0) is 116 Å². The Morgan fingerprint density at radius 3 is 1.97 bits per heavy atom. The van der Waals surface area contributed by atoms with Crippen LogP contribution in [-0.4, -0.2) is 79.3 Å². The Balaban J connectivity index is 0.000000284. The Labute approximate surface area is 457 Å². The van der Waals surface area contributed by atoms with Gasteiger partial charge in [-0.1, -0.05) is 42.5 Å². The number of aliphatic imine (C=N–C) groups is 1. The van der Waals surface area contributed by atoms with Crippen molar-refractivity contribution in [1.82, 2.24) is 5.32 Å². The fraction of sp³-hybridized carbons (Fsp3) is 0.160. The van der Waals surface area contributed by atoms with E-state index >= 15 is 0 Å². The summed E-state index contributed by atoms with van der Waals surface area (Å²) in [6.07, 6.45) is 2.00. The molecule has 2 aromatic heterocycles. The lowest BCUT2D eigenvalue weighted by Gasteiger charge is -2.19. The largest absolute Gasteiger partial charge is 0.496 e. The molecular weight excluding hydrogens is 1300 g/mol. The van der Waals surface area contributed by atoms with Gasteiger partial charge in [0.1, 0.15) is 29.1 Å². The van der Waals surface area contributed by atoms with Crippen molar-refractivity contribution in [3.63, 3.8) is 0 Å². The number of carboxylic acid groups (broad SMARTS) is 1. The average Bonchev–Trinajstić information content (AvgIpc) is 4.17. The molecular formula is C50H46I3N3O13S2. The van der Waals surface area contributed by atoms with Gasteiger partial charge in [0.2, 0.25) is 5.90 Å². The molecule has 1 aliphatic rings. The monoisotopic (exact) mass is 1340 g/mol. The zero-order valence-corrected chi connectivity index (χ0v) is 46.7. The fourth-order valence-electron chi connectivity index (χ4n) is 5.74. The molecule has 4 aromatic carbocycles. The Hall–Kier alpha value is -6.03. The highest BCUT2D eigenvalue weighted by Gasteiger charge is 2.24. The number of aliphatic carboxylic acids is 1. The van der Waals surface area contributed by atoms with Gasteiger partial charge < -0.3 is 34.1 Å². The summed E-state index contributed by atoms with van der Waals surface area (Å²) in [5.74, 6) is -1.00. The van der Waals surface area contributed by atoms with Gasteiger partial charge in [-0.15, -0.1) is 46.7 Å². The molecule has 2 amide bonds. The zero-order chi connectivity index (χ0) is 51.2. The normalized spacial score (nSPS) is 11.7. The Kier molecular flexibility index (Phi) is 25.0. The SMILES string of the molecule is CC(C)(C)OC(=O)Nc1ccc(C(=O)NCC(=O)O)cc1.COc1cc(/C=C2/N=C(c3ccccc3)OC2=O)ccc1CC(=O)c1cccs1.COc1cc(C=O)ccc1OC(=O)c1cccs1.I.II. The number of carboxylic acids is 1. The number of Topliss-reactive ketones (excluding diaryl/α,β-unsaturated/α-hetero) is 1. The van der Waals surface area contributed by atoms with Gasteiger partial charge in [-0.2, -0.15) is 0 Å². The van der Waals surface area contributed by atoms with Gasteiger partial charge in [-0.3, -0.25) is 24.5 Å². The van der Waals surface area contributed by atoms with Crippen LogP contribution in [0.3, 0.4) is 0 Å². The summed E-state index contributed by atoms with van der Waals surface area (Å²) in [7, 11) is 3.01. The van der Waals surface area contributed by atoms with Crippen molar-refractivity contribution >= 4 is 144 Å². The van der Waals surface area contributed by atoms with E-state index in [0.717, 1.165) is 21.6 Å². The van der Waals surface area contributed by atoms with Crippen molar-refractivity contribution < 1.29 is 62.4 Å². The number of benzene rings is 4. The van der Waals surface area contributed by atoms with Crippen LogP contribution in [0.4, 0.5) is 10.5 Å². The predicted octanol–water partition coefficient (Wildman–Crippen LogP) is 11.6. The van der Waals surface area contributed by atoms with Crippen molar-refractivity contribution in [3.8, 4) is 17.2 Å². The number of cyclic esters (lactones) is 1. The molecule has 71 heavy (non-hydrogen) atoms. The fourth-order valence-corrected chi connectivity index (χ4v) is 7.00. The van der Waals surface area contributed by atoms with Crippen molar-refractivity contribution in [2.45, 2.75) is 32.8 Å². The molecule has 6 aromatic rings. The molecule has 0 spiro atoms. The first-order chi connectivity index (χ1) is 33.5. The maximum absolute atomic E-state index is 12.4.